The van der Waals surface area contributed by atoms with Gasteiger partial charge in [-0.25, -0.2) is 9.71 Å². The Bertz CT molecular complexity index is 1440. The van der Waals surface area contributed by atoms with Crippen LogP contribution in [0.1, 0.15) is 54.6 Å². The van der Waals surface area contributed by atoms with E-state index in [0.29, 0.717) is 30.7 Å². The number of nitrogens with one attached hydrogen (secondary N) is 2. The smallest absolute Gasteiger partial charge is 0.297 e. The number of aromatic nitrogens is 1. The summed E-state index contributed by atoms with van der Waals surface area (Å²) in [6.07, 6.45) is 2.29. The summed E-state index contributed by atoms with van der Waals surface area (Å²) in [6, 6.07) is 7.75. The molecule has 0 spiro atoms. The zero-order valence-electron chi connectivity index (χ0n) is 18.0. The number of carbonyl (C=O) groups excluding carboxylic acids is 3. The lowest BCUT2D eigenvalue weighted by Crippen LogP contribution is -2.70. The number of thiazole rings is 1. The van der Waals surface area contributed by atoms with Gasteiger partial charge in [-0.05, 0) is 56.0 Å². The number of hydrogen-bond acceptors (Lipinski definition) is 8. The molecule has 2 N–H and O–H groups in total. The van der Waals surface area contributed by atoms with E-state index in [9.17, 15) is 22.8 Å². The molecule has 1 aromatic carbocycles. The van der Waals surface area contributed by atoms with Crippen molar-refractivity contribution in [2.45, 2.75) is 49.5 Å². The molecule has 12 heteroatoms. The zero-order valence-corrected chi connectivity index (χ0v) is 20.4. The van der Waals surface area contributed by atoms with E-state index in [1.807, 2.05) is 16.9 Å². The van der Waals surface area contributed by atoms with Crippen molar-refractivity contribution in [2.75, 3.05) is 0 Å². The number of imide groups is 1. The predicted octanol–water partition coefficient (Wildman–Crippen LogP) is 3.53. The highest BCUT2D eigenvalue weighted by Crippen LogP contribution is 2.74. The number of nitrogens with zero attached hydrogens (tertiary/aromatic N) is 1. The van der Waals surface area contributed by atoms with Crippen LogP contribution in [0, 0.1) is 5.41 Å². The second kappa shape index (κ2) is 7.89. The van der Waals surface area contributed by atoms with E-state index in [1.165, 1.54) is 0 Å². The molecule has 34 heavy (non-hydrogen) atoms. The molecule has 2 aromatic heterocycles. The molecule has 0 aliphatic heterocycles. The van der Waals surface area contributed by atoms with E-state index in [2.05, 4.69) is 5.32 Å². The molecule has 3 saturated carbocycles. The second-order valence-electron chi connectivity index (χ2n) is 8.90. The molecule has 3 amide bonds. The second-order valence-corrected chi connectivity index (χ2v) is 12.0. The lowest BCUT2D eigenvalue weighted by molar-refractivity contribution is -0.174. The molecule has 3 aromatic rings. The normalized spacial score (nSPS) is 23.1. The van der Waals surface area contributed by atoms with Crippen LogP contribution in [0.15, 0.2) is 39.8 Å². The van der Waals surface area contributed by atoms with Gasteiger partial charge in [0.05, 0.1) is 15.6 Å². The van der Waals surface area contributed by atoms with Gasteiger partial charge < -0.3 is 4.42 Å². The van der Waals surface area contributed by atoms with E-state index >= 15 is 0 Å². The summed E-state index contributed by atoms with van der Waals surface area (Å²) in [7, 11) is -4.23. The average Bonchev–Trinajstić information content (AvgIpc) is 3.33. The van der Waals surface area contributed by atoms with Crippen molar-refractivity contribution in [2.24, 2.45) is 5.41 Å². The molecule has 0 unspecified atom stereocenters. The molecule has 0 radical (unpaired) electrons. The van der Waals surface area contributed by atoms with Crippen LogP contribution in [0.4, 0.5) is 0 Å². The first-order valence-electron chi connectivity index (χ1n) is 10.6. The SMILES string of the molecule is CCCC(=O)NS(=O)(=O)c1ccc(C(=O)NC(=O)C23CC(c4nc5ccc(Cl)cc5s4)(C2)C3)o1. The summed E-state index contributed by atoms with van der Waals surface area (Å²) in [5.74, 6) is -2.25. The van der Waals surface area contributed by atoms with Gasteiger partial charge in [0, 0.05) is 16.9 Å². The van der Waals surface area contributed by atoms with Gasteiger partial charge in [-0.2, -0.15) is 8.42 Å². The van der Waals surface area contributed by atoms with Crippen molar-refractivity contribution in [3.05, 3.63) is 46.1 Å². The number of amides is 3. The van der Waals surface area contributed by atoms with E-state index < -0.39 is 38.3 Å². The Morgan fingerprint density at radius 1 is 1.18 bits per heavy atom. The first-order chi connectivity index (χ1) is 16.1. The molecule has 0 atom stereocenters. The number of carbonyl (C=O) groups is 3. The molecule has 2 heterocycles. The minimum absolute atomic E-state index is 0.0378. The Balaban J connectivity index is 1.22. The van der Waals surface area contributed by atoms with Gasteiger partial charge in [0.15, 0.2) is 5.76 Å². The molecule has 3 aliphatic carbocycles. The number of benzene rings is 1. The Morgan fingerprint density at radius 3 is 2.62 bits per heavy atom. The number of rotatable bonds is 7. The summed E-state index contributed by atoms with van der Waals surface area (Å²) >= 11 is 7.63. The van der Waals surface area contributed by atoms with E-state index in [4.69, 9.17) is 21.0 Å². The van der Waals surface area contributed by atoms with Crippen molar-refractivity contribution in [1.29, 1.82) is 0 Å². The third-order valence-electron chi connectivity index (χ3n) is 6.34. The minimum atomic E-state index is -4.23. The Labute approximate surface area is 203 Å². The third-order valence-corrected chi connectivity index (χ3v) is 9.08. The lowest BCUT2D eigenvalue weighted by atomic mass is 9.35. The third kappa shape index (κ3) is 3.71. The molecule has 2 bridgehead atoms. The highest BCUT2D eigenvalue weighted by molar-refractivity contribution is 7.89. The monoisotopic (exact) mass is 521 g/mol. The number of furan rings is 1. The summed E-state index contributed by atoms with van der Waals surface area (Å²) in [6.45, 7) is 1.74. The summed E-state index contributed by atoms with van der Waals surface area (Å²) in [4.78, 5) is 41.6. The maximum Gasteiger partial charge on any atom is 0.297 e. The van der Waals surface area contributed by atoms with Crippen LogP contribution in [0.25, 0.3) is 10.2 Å². The highest BCUT2D eigenvalue weighted by Gasteiger charge is 2.73. The quantitative estimate of drug-likeness (QED) is 0.454. The lowest BCUT2D eigenvalue weighted by Gasteiger charge is -2.68. The first-order valence-corrected chi connectivity index (χ1v) is 13.3. The van der Waals surface area contributed by atoms with Crippen molar-refractivity contribution in [1.82, 2.24) is 15.0 Å². The van der Waals surface area contributed by atoms with Crippen molar-refractivity contribution < 1.29 is 27.2 Å². The molecule has 3 aliphatic rings. The Hall–Kier alpha value is -2.76. The van der Waals surface area contributed by atoms with E-state index in [1.54, 1.807) is 24.3 Å². The molecule has 0 saturated heterocycles. The number of hydrogen-bond donors (Lipinski definition) is 2. The van der Waals surface area contributed by atoms with Gasteiger partial charge in [-0.15, -0.1) is 11.3 Å². The molecular formula is C22H20ClN3O6S2. The fourth-order valence-electron chi connectivity index (χ4n) is 4.74. The van der Waals surface area contributed by atoms with E-state index in [0.717, 1.165) is 27.4 Å². The number of fused-ring (bicyclic) bond motifs is 1. The van der Waals surface area contributed by atoms with Crippen LogP contribution in [0.5, 0.6) is 0 Å². The van der Waals surface area contributed by atoms with Crippen LogP contribution < -0.4 is 10.0 Å². The average molecular weight is 522 g/mol. The van der Waals surface area contributed by atoms with Crippen LogP contribution in [0.2, 0.25) is 5.02 Å². The molecular weight excluding hydrogens is 502 g/mol. The van der Waals surface area contributed by atoms with Crippen LogP contribution >= 0.6 is 22.9 Å². The van der Waals surface area contributed by atoms with E-state index in [-0.39, 0.29) is 17.6 Å². The first kappa shape index (κ1) is 23.0. The van der Waals surface area contributed by atoms with Gasteiger partial charge in [-0.1, -0.05) is 18.5 Å². The number of halogens is 1. The predicted molar refractivity (Wildman–Crippen MR) is 124 cm³/mol. The largest absolute Gasteiger partial charge is 0.438 e. The van der Waals surface area contributed by atoms with Crippen molar-refractivity contribution in [3.63, 3.8) is 0 Å². The topological polar surface area (TPSA) is 135 Å². The number of sulfonamides is 1. The summed E-state index contributed by atoms with van der Waals surface area (Å²) in [5.41, 5.74) is 0.0808. The molecule has 6 rings (SSSR count). The summed E-state index contributed by atoms with van der Waals surface area (Å²) < 4.78 is 32.4. The van der Waals surface area contributed by atoms with Gasteiger partial charge in [0.1, 0.15) is 5.01 Å². The van der Waals surface area contributed by atoms with Gasteiger partial charge >= 0.3 is 0 Å². The maximum absolute atomic E-state index is 12.8. The Morgan fingerprint density at radius 2 is 1.91 bits per heavy atom. The molecule has 3 fully saturated rings. The highest BCUT2D eigenvalue weighted by atomic mass is 35.5. The fraction of sp³-hybridized carbons (Fsp3) is 0.364. The molecule has 178 valence electrons. The molecule has 9 nitrogen and oxygen atoms in total. The van der Waals surface area contributed by atoms with Gasteiger partial charge in [-0.3, -0.25) is 19.7 Å². The zero-order chi connectivity index (χ0) is 24.3. The maximum atomic E-state index is 12.8. The van der Waals surface area contributed by atoms with Crippen molar-refractivity contribution in [3.8, 4) is 0 Å². The minimum Gasteiger partial charge on any atom is -0.438 e. The fourth-order valence-corrected chi connectivity index (χ4v) is 7.12. The van der Waals surface area contributed by atoms with Crippen molar-refractivity contribution >= 4 is 60.9 Å². The Kier molecular flexibility index (Phi) is 5.34. The standard InChI is InChI=1S/C22H20ClN3O6S2/c1-2-3-16(27)26-34(30,31)17-7-6-14(32-17)18(28)25-19(29)21-9-22(10-21,11-21)20-24-13-5-4-12(23)8-15(13)33-20/h4-8H,2-3,9-11H2,1H3,(H,26,27)(H,25,28,29). The van der Waals surface area contributed by atoms with Gasteiger partial charge in [0.2, 0.25) is 16.9 Å². The van der Waals surface area contributed by atoms with Crippen LogP contribution in [0.3, 0.4) is 0 Å². The van der Waals surface area contributed by atoms with Crippen LogP contribution in [-0.4, -0.2) is 31.1 Å². The summed E-state index contributed by atoms with van der Waals surface area (Å²) in [5, 5.41) is 3.36. The van der Waals surface area contributed by atoms with Crippen LogP contribution in [-0.2, 0) is 25.0 Å². The van der Waals surface area contributed by atoms with Gasteiger partial charge in [0.25, 0.3) is 15.9 Å².